The Hall–Kier alpha value is -4.01. The van der Waals surface area contributed by atoms with Crippen molar-refractivity contribution in [3.05, 3.63) is 100 Å². The fourth-order valence-electron chi connectivity index (χ4n) is 3.35. The Morgan fingerprint density at radius 1 is 1.00 bits per heavy atom. The summed E-state index contributed by atoms with van der Waals surface area (Å²) < 4.78 is 39.7. The Labute approximate surface area is 180 Å². The first-order chi connectivity index (χ1) is 15.3. The van der Waals surface area contributed by atoms with E-state index in [0.29, 0.717) is 22.9 Å². The molecule has 0 atom stereocenters. The van der Waals surface area contributed by atoms with Gasteiger partial charge in [-0.1, -0.05) is 30.3 Å². The largest absolute Gasteiger partial charge is 0.416 e. The standard InChI is InChI=1S/C23H17F3N4O2/c24-23(25,26)16-6-3-7-17(12-16)28-21(31)14-30-22(32)19-9-2-1-8-18(19)20(29-30)11-15-5-4-10-27-13-15/h1-10,12-13H,11,14H2,(H,28,31). The average molecular weight is 438 g/mol. The maximum Gasteiger partial charge on any atom is 0.416 e. The summed E-state index contributed by atoms with van der Waals surface area (Å²) in [5.41, 5.74) is 0.0999. The van der Waals surface area contributed by atoms with E-state index in [-0.39, 0.29) is 5.69 Å². The van der Waals surface area contributed by atoms with Gasteiger partial charge in [-0.25, -0.2) is 4.68 Å². The average Bonchev–Trinajstić information content (AvgIpc) is 2.77. The Bertz CT molecular complexity index is 1330. The van der Waals surface area contributed by atoms with E-state index in [1.807, 2.05) is 6.07 Å². The number of nitrogens with zero attached hydrogens (tertiary/aromatic N) is 3. The third-order valence-electron chi connectivity index (χ3n) is 4.81. The van der Waals surface area contributed by atoms with Crippen LogP contribution in [-0.4, -0.2) is 20.7 Å². The van der Waals surface area contributed by atoms with Crippen molar-refractivity contribution >= 4 is 22.4 Å². The van der Waals surface area contributed by atoms with Gasteiger partial charge < -0.3 is 5.32 Å². The lowest BCUT2D eigenvalue weighted by molar-refractivity contribution is -0.137. The summed E-state index contributed by atoms with van der Waals surface area (Å²) in [6.45, 7) is -0.444. The van der Waals surface area contributed by atoms with E-state index in [4.69, 9.17) is 0 Å². The quantitative estimate of drug-likeness (QED) is 0.510. The van der Waals surface area contributed by atoms with Gasteiger partial charge in [0.05, 0.1) is 16.6 Å². The van der Waals surface area contributed by atoms with Crippen LogP contribution in [0.2, 0.25) is 0 Å². The van der Waals surface area contributed by atoms with E-state index in [9.17, 15) is 22.8 Å². The minimum absolute atomic E-state index is 0.0192. The number of carbonyl (C=O) groups is 1. The second-order valence-corrected chi connectivity index (χ2v) is 7.12. The highest BCUT2D eigenvalue weighted by molar-refractivity contribution is 5.91. The number of carbonyl (C=O) groups excluding carboxylic acids is 1. The summed E-state index contributed by atoms with van der Waals surface area (Å²) in [6.07, 6.45) is -0.803. The summed E-state index contributed by atoms with van der Waals surface area (Å²) >= 11 is 0. The molecule has 9 heteroatoms. The van der Waals surface area contributed by atoms with E-state index in [2.05, 4.69) is 15.4 Å². The highest BCUT2D eigenvalue weighted by atomic mass is 19.4. The van der Waals surface area contributed by atoms with Gasteiger partial charge in [0.25, 0.3) is 5.56 Å². The van der Waals surface area contributed by atoms with Crippen LogP contribution in [0.1, 0.15) is 16.8 Å². The monoisotopic (exact) mass is 438 g/mol. The van der Waals surface area contributed by atoms with Gasteiger partial charge in [-0.15, -0.1) is 0 Å². The van der Waals surface area contributed by atoms with Gasteiger partial charge in [-0.3, -0.25) is 14.6 Å². The molecule has 0 aliphatic rings. The number of aromatic nitrogens is 3. The first kappa shape index (κ1) is 21.2. The number of nitrogens with one attached hydrogen (secondary N) is 1. The van der Waals surface area contributed by atoms with Crippen molar-refractivity contribution in [2.75, 3.05) is 5.32 Å². The van der Waals surface area contributed by atoms with Gasteiger partial charge in [0, 0.05) is 29.9 Å². The molecule has 162 valence electrons. The van der Waals surface area contributed by atoms with Crippen molar-refractivity contribution in [1.82, 2.24) is 14.8 Å². The minimum atomic E-state index is -4.53. The van der Waals surface area contributed by atoms with Crippen LogP contribution < -0.4 is 10.9 Å². The van der Waals surface area contributed by atoms with E-state index in [0.717, 1.165) is 22.4 Å². The zero-order chi connectivity index (χ0) is 22.7. The molecular weight excluding hydrogens is 421 g/mol. The number of pyridine rings is 1. The smallest absolute Gasteiger partial charge is 0.324 e. The van der Waals surface area contributed by atoms with Crippen molar-refractivity contribution in [2.45, 2.75) is 19.1 Å². The molecule has 0 fully saturated rings. The molecule has 32 heavy (non-hydrogen) atoms. The Balaban J connectivity index is 1.64. The molecule has 0 saturated carbocycles. The van der Waals surface area contributed by atoms with E-state index < -0.39 is 29.8 Å². The predicted octanol–water partition coefficient (Wildman–Crippen LogP) is 4.04. The summed E-state index contributed by atoms with van der Waals surface area (Å²) in [5.74, 6) is -0.665. The van der Waals surface area contributed by atoms with Crippen LogP contribution in [0.25, 0.3) is 10.8 Å². The van der Waals surface area contributed by atoms with Crippen LogP contribution in [0.4, 0.5) is 18.9 Å². The number of anilines is 1. The lowest BCUT2D eigenvalue weighted by Crippen LogP contribution is -2.30. The van der Waals surface area contributed by atoms with Crippen LogP contribution in [-0.2, 0) is 23.9 Å². The molecule has 2 aromatic heterocycles. The van der Waals surface area contributed by atoms with E-state index in [1.54, 1.807) is 42.7 Å². The lowest BCUT2D eigenvalue weighted by Gasteiger charge is -2.12. The number of benzene rings is 2. The molecule has 0 saturated heterocycles. The molecule has 1 amide bonds. The number of rotatable bonds is 5. The fraction of sp³-hybridized carbons (Fsp3) is 0.130. The first-order valence-electron chi connectivity index (χ1n) is 9.66. The molecule has 2 heterocycles. The maximum absolute atomic E-state index is 12.9. The van der Waals surface area contributed by atoms with E-state index >= 15 is 0 Å². The van der Waals surface area contributed by atoms with Gasteiger partial charge in [0.1, 0.15) is 6.54 Å². The molecule has 2 aromatic carbocycles. The number of alkyl halides is 3. The Morgan fingerprint density at radius 2 is 1.78 bits per heavy atom. The Kier molecular flexibility index (Phi) is 5.72. The molecule has 0 unspecified atom stereocenters. The van der Waals surface area contributed by atoms with Crippen molar-refractivity contribution in [2.24, 2.45) is 0 Å². The van der Waals surface area contributed by atoms with Crippen molar-refractivity contribution in [1.29, 1.82) is 0 Å². The second kappa shape index (κ2) is 8.62. The molecule has 4 aromatic rings. The molecule has 0 bridgehead atoms. The molecule has 0 radical (unpaired) electrons. The van der Waals surface area contributed by atoms with Gasteiger partial charge in [-0.05, 0) is 35.9 Å². The second-order valence-electron chi connectivity index (χ2n) is 7.12. The van der Waals surface area contributed by atoms with Gasteiger partial charge in [0.15, 0.2) is 0 Å². The zero-order valence-corrected chi connectivity index (χ0v) is 16.6. The third-order valence-corrected chi connectivity index (χ3v) is 4.81. The zero-order valence-electron chi connectivity index (χ0n) is 16.6. The molecule has 1 N–H and O–H groups in total. The number of hydrogen-bond donors (Lipinski definition) is 1. The minimum Gasteiger partial charge on any atom is -0.324 e. The van der Waals surface area contributed by atoms with Crippen LogP contribution in [0.5, 0.6) is 0 Å². The van der Waals surface area contributed by atoms with Crippen LogP contribution >= 0.6 is 0 Å². The summed E-state index contributed by atoms with van der Waals surface area (Å²) in [7, 11) is 0. The molecular formula is C23H17F3N4O2. The highest BCUT2D eigenvalue weighted by Gasteiger charge is 2.30. The van der Waals surface area contributed by atoms with Gasteiger partial charge >= 0.3 is 6.18 Å². The number of amides is 1. The van der Waals surface area contributed by atoms with Crippen molar-refractivity contribution in [3.8, 4) is 0 Å². The molecule has 0 aliphatic heterocycles. The molecule has 6 nitrogen and oxygen atoms in total. The summed E-state index contributed by atoms with van der Waals surface area (Å²) in [6, 6.07) is 14.9. The van der Waals surface area contributed by atoms with Crippen LogP contribution in [0.15, 0.2) is 77.9 Å². The Morgan fingerprint density at radius 3 is 2.50 bits per heavy atom. The van der Waals surface area contributed by atoms with Gasteiger partial charge in [-0.2, -0.15) is 18.3 Å². The number of fused-ring (bicyclic) bond motifs is 1. The number of halogens is 3. The van der Waals surface area contributed by atoms with Gasteiger partial charge in [0.2, 0.25) is 5.91 Å². The molecule has 4 rings (SSSR count). The number of hydrogen-bond acceptors (Lipinski definition) is 4. The molecule has 0 aliphatic carbocycles. The normalized spacial score (nSPS) is 11.5. The molecule has 0 spiro atoms. The van der Waals surface area contributed by atoms with Crippen molar-refractivity contribution < 1.29 is 18.0 Å². The topological polar surface area (TPSA) is 76.9 Å². The maximum atomic E-state index is 12.9. The third kappa shape index (κ3) is 4.66. The summed E-state index contributed by atoms with van der Waals surface area (Å²) in [4.78, 5) is 29.4. The lowest BCUT2D eigenvalue weighted by atomic mass is 10.1. The first-order valence-corrected chi connectivity index (χ1v) is 9.66. The highest BCUT2D eigenvalue weighted by Crippen LogP contribution is 2.30. The predicted molar refractivity (Wildman–Crippen MR) is 113 cm³/mol. The van der Waals surface area contributed by atoms with E-state index in [1.165, 1.54) is 12.1 Å². The summed E-state index contributed by atoms with van der Waals surface area (Å²) in [5, 5.41) is 7.83. The fourth-order valence-corrected chi connectivity index (χ4v) is 3.35. The van der Waals surface area contributed by atoms with Crippen LogP contribution in [0, 0.1) is 0 Å². The van der Waals surface area contributed by atoms with Crippen LogP contribution in [0.3, 0.4) is 0 Å². The van der Waals surface area contributed by atoms with Crippen molar-refractivity contribution in [3.63, 3.8) is 0 Å². The SMILES string of the molecule is O=C(Cn1nc(Cc2cccnc2)c2ccccc2c1=O)Nc1cccc(C(F)(F)F)c1.